The number of ether oxygens (including phenoxy) is 2. The molecule has 34 heavy (non-hydrogen) atoms. The van der Waals surface area contributed by atoms with Gasteiger partial charge in [-0.2, -0.15) is 0 Å². The fourth-order valence-electron chi connectivity index (χ4n) is 6.80. The predicted molar refractivity (Wildman–Crippen MR) is 130 cm³/mol. The lowest BCUT2D eigenvalue weighted by Gasteiger charge is -2.45. The Bertz CT molecular complexity index is 1100. The van der Waals surface area contributed by atoms with Crippen LogP contribution in [0.3, 0.4) is 0 Å². The second kappa shape index (κ2) is 7.83. The molecule has 3 aliphatic carbocycles. The van der Waals surface area contributed by atoms with Crippen molar-refractivity contribution in [1.82, 2.24) is 4.90 Å². The highest BCUT2D eigenvalue weighted by Gasteiger charge is 2.67. The average molecular weight is 462 g/mol. The number of carbonyl (C=O) groups is 1. The molecule has 1 saturated heterocycles. The van der Waals surface area contributed by atoms with Crippen LogP contribution >= 0.6 is 0 Å². The van der Waals surface area contributed by atoms with E-state index >= 15 is 0 Å². The standard InChI is InChI=1S/C28H35N3O3/c1-26(12-3-15-34-26)18-31-24(32)28(30-25(31)29)23-16-20(7-6-19-4-5-19)8-9-21(23)17-27(28)13-10-22(33-2)11-14-27/h8-9,16,19,22H,3-5,10-15,17-18H2,1-2H3,(H2,29,30)/t22?,26-,27?,28+/m1/s1. The Labute approximate surface area is 202 Å². The van der Waals surface area contributed by atoms with Crippen LogP contribution in [0.25, 0.3) is 0 Å². The largest absolute Gasteiger partial charge is 0.381 e. The molecule has 1 aromatic rings. The minimum Gasteiger partial charge on any atom is -0.381 e. The van der Waals surface area contributed by atoms with Crippen molar-refractivity contribution in [2.45, 2.75) is 82.0 Å². The average Bonchev–Trinajstić information content (AvgIpc) is 3.45. The molecule has 2 saturated carbocycles. The van der Waals surface area contributed by atoms with Gasteiger partial charge in [0.05, 0.1) is 18.2 Å². The van der Waals surface area contributed by atoms with Gasteiger partial charge < -0.3 is 15.2 Å². The molecular formula is C28H35N3O3. The van der Waals surface area contributed by atoms with Crippen LogP contribution in [-0.4, -0.2) is 48.7 Å². The summed E-state index contributed by atoms with van der Waals surface area (Å²) >= 11 is 0. The van der Waals surface area contributed by atoms with Crippen LogP contribution in [-0.2, 0) is 26.2 Å². The Morgan fingerprint density at radius 1 is 1.24 bits per heavy atom. The first-order chi connectivity index (χ1) is 16.4. The molecule has 1 aromatic carbocycles. The fraction of sp³-hybridized carbons (Fsp3) is 0.643. The van der Waals surface area contributed by atoms with E-state index in [9.17, 15) is 4.79 Å². The summed E-state index contributed by atoms with van der Waals surface area (Å²) in [7, 11) is 1.79. The van der Waals surface area contributed by atoms with E-state index in [0.717, 1.165) is 62.7 Å². The molecule has 2 aliphatic heterocycles. The van der Waals surface area contributed by atoms with Crippen LogP contribution in [0.4, 0.5) is 0 Å². The lowest BCUT2D eigenvalue weighted by atomic mass is 9.61. The fourth-order valence-corrected chi connectivity index (χ4v) is 6.80. The van der Waals surface area contributed by atoms with E-state index in [-0.39, 0.29) is 23.0 Å². The second-order valence-corrected chi connectivity index (χ2v) is 11.3. The Morgan fingerprint density at radius 2 is 2.03 bits per heavy atom. The van der Waals surface area contributed by atoms with E-state index in [0.29, 0.717) is 18.4 Å². The van der Waals surface area contributed by atoms with E-state index < -0.39 is 5.54 Å². The molecule has 5 aliphatic rings. The number of nitrogens with zero attached hydrogens (tertiary/aromatic N) is 2. The molecular weight excluding hydrogens is 426 g/mol. The number of amides is 1. The van der Waals surface area contributed by atoms with Crippen molar-refractivity contribution in [2.24, 2.45) is 22.1 Å². The van der Waals surface area contributed by atoms with Crippen molar-refractivity contribution in [3.8, 4) is 11.8 Å². The molecule has 0 bridgehead atoms. The van der Waals surface area contributed by atoms with Gasteiger partial charge in [0.15, 0.2) is 11.5 Å². The first-order valence-electron chi connectivity index (χ1n) is 12.9. The van der Waals surface area contributed by atoms with Gasteiger partial charge in [-0.1, -0.05) is 17.9 Å². The van der Waals surface area contributed by atoms with Gasteiger partial charge in [0, 0.05) is 30.6 Å². The molecule has 0 radical (unpaired) electrons. The maximum atomic E-state index is 14.5. The van der Waals surface area contributed by atoms with Gasteiger partial charge in [-0.25, -0.2) is 4.99 Å². The molecule has 2 spiro atoms. The maximum absolute atomic E-state index is 14.5. The molecule has 180 valence electrons. The number of methoxy groups -OCH3 is 1. The molecule has 6 rings (SSSR count). The number of hydrogen-bond acceptors (Lipinski definition) is 5. The molecule has 0 aromatic heterocycles. The summed E-state index contributed by atoms with van der Waals surface area (Å²) in [4.78, 5) is 21.3. The molecule has 1 amide bonds. The number of carbonyl (C=O) groups excluding carboxylic acids is 1. The molecule has 2 heterocycles. The highest BCUT2D eigenvalue weighted by molar-refractivity contribution is 6.08. The number of fused-ring (bicyclic) bond motifs is 3. The van der Waals surface area contributed by atoms with Crippen molar-refractivity contribution in [1.29, 1.82) is 0 Å². The lowest BCUT2D eigenvalue weighted by Crippen LogP contribution is -2.54. The van der Waals surface area contributed by atoms with E-state index in [4.69, 9.17) is 20.2 Å². The summed E-state index contributed by atoms with van der Waals surface area (Å²) in [6.07, 6.45) is 9.08. The van der Waals surface area contributed by atoms with Crippen LogP contribution in [0.2, 0.25) is 0 Å². The first kappa shape index (κ1) is 22.1. The number of nitrogens with two attached hydrogens (primary N) is 1. The monoisotopic (exact) mass is 461 g/mol. The van der Waals surface area contributed by atoms with E-state index in [1.165, 1.54) is 18.4 Å². The summed E-state index contributed by atoms with van der Waals surface area (Å²) in [5, 5.41) is 0. The second-order valence-electron chi connectivity index (χ2n) is 11.3. The Morgan fingerprint density at radius 3 is 2.71 bits per heavy atom. The Hall–Kier alpha value is -2.36. The van der Waals surface area contributed by atoms with Crippen LogP contribution < -0.4 is 5.73 Å². The summed E-state index contributed by atoms with van der Waals surface area (Å²) < 4.78 is 11.7. The minimum absolute atomic E-state index is 0.0173. The van der Waals surface area contributed by atoms with E-state index in [1.54, 1.807) is 12.0 Å². The number of hydrogen-bond donors (Lipinski definition) is 1. The normalized spacial score (nSPS) is 36.6. The number of guanidine groups is 1. The molecule has 0 unspecified atom stereocenters. The zero-order valence-corrected chi connectivity index (χ0v) is 20.4. The van der Waals surface area contributed by atoms with Crippen molar-refractivity contribution in [2.75, 3.05) is 20.3 Å². The SMILES string of the molecule is COC1CCC2(CC1)Cc1ccc(C#CC3CC3)cc1[C@@]21N=C(N)N(C[C@@]2(C)CCCO2)C1=O. The number of rotatable bonds is 3. The third-order valence-corrected chi connectivity index (χ3v) is 8.92. The van der Waals surface area contributed by atoms with Crippen molar-refractivity contribution < 1.29 is 14.3 Å². The zero-order chi connectivity index (χ0) is 23.6. The van der Waals surface area contributed by atoms with Crippen LogP contribution in [0.15, 0.2) is 23.2 Å². The topological polar surface area (TPSA) is 77.2 Å². The summed E-state index contributed by atoms with van der Waals surface area (Å²) in [6.45, 7) is 3.27. The van der Waals surface area contributed by atoms with Gasteiger partial charge in [0.25, 0.3) is 5.91 Å². The van der Waals surface area contributed by atoms with Gasteiger partial charge in [0.2, 0.25) is 0 Å². The smallest absolute Gasteiger partial charge is 0.262 e. The van der Waals surface area contributed by atoms with Gasteiger partial charge in [-0.05, 0) is 88.0 Å². The third kappa shape index (κ3) is 3.31. The zero-order valence-electron chi connectivity index (χ0n) is 20.4. The molecule has 6 nitrogen and oxygen atoms in total. The van der Waals surface area contributed by atoms with Crippen LogP contribution in [0.5, 0.6) is 0 Å². The number of benzene rings is 1. The highest BCUT2D eigenvalue weighted by atomic mass is 16.5. The Kier molecular flexibility index (Phi) is 5.09. The summed E-state index contributed by atoms with van der Waals surface area (Å²) in [5.74, 6) is 7.61. The Balaban J connectivity index is 1.43. The van der Waals surface area contributed by atoms with Gasteiger partial charge in [0.1, 0.15) is 0 Å². The molecule has 2 N–H and O–H groups in total. The van der Waals surface area contributed by atoms with Gasteiger partial charge in [-0.3, -0.25) is 9.69 Å². The van der Waals surface area contributed by atoms with Gasteiger partial charge >= 0.3 is 0 Å². The molecule has 2 atom stereocenters. The van der Waals surface area contributed by atoms with E-state index in [1.807, 2.05) is 0 Å². The predicted octanol–water partition coefficient (Wildman–Crippen LogP) is 3.50. The highest BCUT2D eigenvalue weighted by Crippen LogP contribution is 2.62. The third-order valence-electron chi connectivity index (χ3n) is 8.92. The lowest BCUT2D eigenvalue weighted by molar-refractivity contribution is -0.140. The summed E-state index contributed by atoms with van der Waals surface area (Å²) in [6, 6.07) is 6.42. The number of aliphatic imine (C=N–C) groups is 1. The maximum Gasteiger partial charge on any atom is 0.262 e. The molecule has 3 fully saturated rings. The quantitative estimate of drug-likeness (QED) is 0.699. The van der Waals surface area contributed by atoms with Crippen LogP contribution in [0.1, 0.15) is 75.0 Å². The first-order valence-corrected chi connectivity index (χ1v) is 12.9. The van der Waals surface area contributed by atoms with Crippen molar-refractivity contribution >= 4 is 11.9 Å². The van der Waals surface area contributed by atoms with Crippen LogP contribution in [0, 0.1) is 23.2 Å². The van der Waals surface area contributed by atoms with Crippen molar-refractivity contribution in [3.05, 3.63) is 34.9 Å². The van der Waals surface area contributed by atoms with Crippen molar-refractivity contribution in [3.63, 3.8) is 0 Å². The van der Waals surface area contributed by atoms with E-state index in [2.05, 4.69) is 37.0 Å². The minimum atomic E-state index is -0.975. The molecule has 6 heteroatoms. The van der Waals surface area contributed by atoms with Gasteiger partial charge in [-0.15, -0.1) is 0 Å². The summed E-state index contributed by atoms with van der Waals surface area (Å²) in [5.41, 5.74) is 8.12.